The first-order chi connectivity index (χ1) is 14.8. The minimum atomic E-state index is -1.000. The number of nitrogens with one attached hydrogen (secondary N) is 1. The van der Waals surface area contributed by atoms with Gasteiger partial charge in [0.05, 0.1) is 5.92 Å². The van der Waals surface area contributed by atoms with Gasteiger partial charge in [-0.3, -0.25) is 14.4 Å². The molecule has 3 aliphatic rings. The van der Waals surface area contributed by atoms with Crippen LogP contribution in [0.15, 0.2) is 30.3 Å². The maximum Gasteiger partial charge on any atom is 0.308 e. The Morgan fingerprint density at radius 1 is 1.23 bits per heavy atom. The third kappa shape index (κ3) is 4.24. The van der Waals surface area contributed by atoms with Crippen LogP contribution >= 0.6 is 0 Å². The van der Waals surface area contributed by atoms with Crippen LogP contribution in [0.25, 0.3) is 5.57 Å². The SMILES string of the molecule is CCCc1ccc(C2=CCN(C(=O)C3NCC4(CC3C(=O)O)CC4C(N)=O)CC2)cc1. The van der Waals surface area contributed by atoms with E-state index in [0.717, 1.165) is 19.3 Å². The van der Waals surface area contributed by atoms with Gasteiger partial charge in [0, 0.05) is 25.6 Å². The van der Waals surface area contributed by atoms with E-state index in [4.69, 9.17) is 5.73 Å². The van der Waals surface area contributed by atoms with Crippen LogP contribution in [-0.4, -0.2) is 53.5 Å². The molecule has 31 heavy (non-hydrogen) atoms. The van der Waals surface area contributed by atoms with Crippen molar-refractivity contribution >= 4 is 23.4 Å². The van der Waals surface area contributed by atoms with Gasteiger partial charge in [-0.05, 0) is 47.8 Å². The van der Waals surface area contributed by atoms with Crippen LogP contribution in [0.5, 0.6) is 0 Å². The van der Waals surface area contributed by atoms with Crippen molar-refractivity contribution in [2.75, 3.05) is 19.6 Å². The Bertz CT molecular complexity index is 910. The molecule has 7 heteroatoms. The quantitative estimate of drug-likeness (QED) is 0.643. The normalized spacial score (nSPS) is 30.0. The Morgan fingerprint density at radius 2 is 1.97 bits per heavy atom. The molecule has 7 nitrogen and oxygen atoms in total. The summed E-state index contributed by atoms with van der Waals surface area (Å²) in [4.78, 5) is 38.3. The van der Waals surface area contributed by atoms with Gasteiger partial charge in [-0.2, -0.15) is 0 Å². The van der Waals surface area contributed by atoms with Crippen LogP contribution in [0.1, 0.15) is 43.7 Å². The number of carboxylic acid groups (broad SMARTS) is 1. The predicted molar refractivity (Wildman–Crippen MR) is 117 cm³/mol. The Labute approximate surface area is 182 Å². The molecule has 4 N–H and O–H groups in total. The van der Waals surface area contributed by atoms with E-state index < -0.39 is 23.3 Å². The second-order valence-electron chi connectivity index (χ2n) is 9.24. The van der Waals surface area contributed by atoms with E-state index in [1.54, 1.807) is 4.90 Å². The monoisotopic (exact) mass is 425 g/mol. The maximum absolute atomic E-state index is 13.2. The topological polar surface area (TPSA) is 113 Å². The number of rotatable bonds is 6. The second-order valence-corrected chi connectivity index (χ2v) is 9.24. The predicted octanol–water partition coefficient (Wildman–Crippen LogP) is 1.81. The van der Waals surface area contributed by atoms with Crippen LogP contribution in [0.4, 0.5) is 0 Å². The number of carbonyl (C=O) groups is 3. The van der Waals surface area contributed by atoms with E-state index in [9.17, 15) is 19.5 Å². The molecule has 1 saturated carbocycles. The molecule has 166 valence electrons. The van der Waals surface area contributed by atoms with Gasteiger partial charge in [0.15, 0.2) is 0 Å². The number of benzene rings is 1. The lowest BCUT2D eigenvalue weighted by molar-refractivity contribution is -0.150. The van der Waals surface area contributed by atoms with Gasteiger partial charge < -0.3 is 21.1 Å². The lowest BCUT2D eigenvalue weighted by atomic mass is 9.80. The lowest BCUT2D eigenvalue weighted by Gasteiger charge is -2.38. The number of hydrogen-bond donors (Lipinski definition) is 3. The fourth-order valence-electron chi connectivity index (χ4n) is 5.25. The minimum Gasteiger partial charge on any atom is -0.481 e. The Hall–Kier alpha value is -2.67. The highest BCUT2D eigenvalue weighted by Crippen LogP contribution is 2.58. The number of nitrogens with two attached hydrogens (primary N) is 1. The number of amides is 2. The van der Waals surface area contributed by atoms with Gasteiger partial charge >= 0.3 is 5.97 Å². The smallest absolute Gasteiger partial charge is 0.308 e. The number of nitrogens with zero attached hydrogens (tertiary/aromatic N) is 1. The van der Waals surface area contributed by atoms with Crippen molar-refractivity contribution in [3.8, 4) is 0 Å². The average Bonchev–Trinajstić information content (AvgIpc) is 3.47. The summed E-state index contributed by atoms with van der Waals surface area (Å²) in [6.45, 7) is 3.67. The fourth-order valence-corrected chi connectivity index (χ4v) is 5.25. The van der Waals surface area contributed by atoms with Crippen molar-refractivity contribution < 1.29 is 19.5 Å². The largest absolute Gasteiger partial charge is 0.481 e. The molecule has 1 aromatic carbocycles. The fraction of sp³-hybridized carbons (Fsp3) is 0.542. The standard InChI is InChI=1S/C24H31N3O4/c1-2-3-15-4-6-16(7-5-15)17-8-10-27(11-9-17)22(29)20-18(23(30)31)12-24(14-26-20)13-19(24)21(25)28/h4-8,18-20,26H,2-3,9-14H2,1H3,(H2,25,28)(H,30,31). The van der Waals surface area contributed by atoms with E-state index in [2.05, 4.69) is 42.6 Å². The zero-order valence-corrected chi connectivity index (χ0v) is 18.0. The van der Waals surface area contributed by atoms with Crippen LogP contribution in [-0.2, 0) is 20.8 Å². The number of carboxylic acids is 1. The van der Waals surface area contributed by atoms with Crippen molar-refractivity contribution in [2.45, 2.75) is 45.1 Å². The summed E-state index contributed by atoms with van der Waals surface area (Å²) in [5.74, 6) is -2.69. The molecule has 1 saturated heterocycles. The van der Waals surface area contributed by atoms with E-state index in [-0.39, 0.29) is 17.7 Å². The van der Waals surface area contributed by atoms with Crippen molar-refractivity contribution in [1.82, 2.24) is 10.2 Å². The highest BCUT2D eigenvalue weighted by molar-refractivity contribution is 5.89. The minimum absolute atomic E-state index is 0.174. The van der Waals surface area contributed by atoms with Crippen molar-refractivity contribution in [3.63, 3.8) is 0 Å². The molecule has 1 spiro atoms. The summed E-state index contributed by atoms with van der Waals surface area (Å²) in [6.07, 6.45) is 5.93. The molecule has 2 amide bonds. The van der Waals surface area contributed by atoms with Gasteiger partial charge in [0.2, 0.25) is 11.8 Å². The number of aliphatic carboxylic acids is 1. The molecule has 2 heterocycles. The molecular weight excluding hydrogens is 394 g/mol. The Kier molecular flexibility index (Phi) is 5.88. The number of piperidine rings is 1. The van der Waals surface area contributed by atoms with Crippen molar-refractivity contribution in [2.24, 2.45) is 23.0 Å². The van der Waals surface area contributed by atoms with Crippen molar-refractivity contribution in [3.05, 3.63) is 41.5 Å². The number of aryl methyl sites for hydroxylation is 1. The van der Waals surface area contributed by atoms with Crippen LogP contribution < -0.4 is 11.1 Å². The molecule has 4 atom stereocenters. The van der Waals surface area contributed by atoms with Gasteiger partial charge in [0.1, 0.15) is 6.04 Å². The summed E-state index contributed by atoms with van der Waals surface area (Å²) in [5.41, 5.74) is 8.76. The zero-order chi connectivity index (χ0) is 22.2. The van der Waals surface area contributed by atoms with E-state index in [1.807, 2.05) is 0 Å². The first-order valence-corrected chi connectivity index (χ1v) is 11.2. The van der Waals surface area contributed by atoms with Gasteiger partial charge in [0.25, 0.3) is 0 Å². The first kappa shape index (κ1) is 21.6. The average molecular weight is 426 g/mol. The highest BCUT2D eigenvalue weighted by atomic mass is 16.4. The maximum atomic E-state index is 13.2. The third-order valence-electron chi connectivity index (χ3n) is 7.20. The number of carbonyl (C=O) groups excluding carboxylic acids is 2. The molecule has 2 aliphatic heterocycles. The van der Waals surface area contributed by atoms with Crippen LogP contribution in [0, 0.1) is 17.3 Å². The van der Waals surface area contributed by atoms with Crippen molar-refractivity contribution in [1.29, 1.82) is 0 Å². The van der Waals surface area contributed by atoms with E-state index >= 15 is 0 Å². The van der Waals surface area contributed by atoms with Crippen LogP contribution in [0.3, 0.4) is 0 Å². The molecule has 1 aliphatic carbocycles. The number of primary amides is 1. The van der Waals surface area contributed by atoms with E-state index in [1.165, 1.54) is 16.7 Å². The summed E-state index contributed by atoms with van der Waals surface area (Å²) in [7, 11) is 0. The highest BCUT2D eigenvalue weighted by Gasteiger charge is 2.62. The molecule has 4 rings (SSSR count). The zero-order valence-electron chi connectivity index (χ0n) is 18.0. The lowest BCUT2D eigenvalue weighted by Crippen LogP contribution is -2.58. The summed E-state index contributed by atoms with van der Waals surface area (Å²) in [5, 5.41) is 12.9. The summed E-state index contributed by atoms with van der Waals surface area (Å²) >= 11 is 0. The van der Waals surface area contributed by atoms with Gasteiger partial charge in [-0.1, -0.05) is 43.7 Å². The van der Waals surface area contributed by atoms with E-state index in [0.29, 0.717) is 32.5 Å². The first-order valence-electron chi connectivity index (χ1n) is 11.2. The van der Waals surface area contributed by atoms with Gasteiger partial charge in [-0.15, -0.1) is 0 Å². The molecule has 0 bridgehead atoms. The van der Waals surface area contributed by atoms with Gasteiger partial charge in [-0.25, -0.2) is 0 Å². The molecular formula is C24H31N3O4. The molecule has 1 aromatic rings. The molecule has 4 unspecified atom stereocenters. The number of hydrogen-bond acceptors (Lipinski definition) is 4. The molecule has 0 aromatic heterocycles. The third-order valence-corrected chi connectivity index (χ3v) is 7.20. The second kappa shape index (κ2) is 8.46. The Morgan fingerprint density at radius 3 is 2.52 bits per heavy atom. The molecule has 0 radical (unpaired) electrons. The summed E-state index contributed by atoms with van der Waals surface area (Å²) in [6, 6.07) is 7.84. The molecule has 2 fully saturated rings. The Balaban J connectivity index is 1.40. The summed E-state index contributed by atoms with van der Waals surface area (Å²) < 4.78 is 0. The van der Waals surface area contributed by atoms with Crippen LogP contribution in [0.2, 0.25) is 0 Å².